The predicted octanol–water partition coefficient (Wildman–Crippen LogP) is 3.76. The normalized spacial score (nSPS) is 12.0. The third-order valence-corrected chi connectivity index (χ3v) is 6.13. The van der Waals surface area contributed by atoms with Gasteiger partial charge in [0, 0.05) is 23.5 Å². The van der Waals surface area contributed by atoms with Crippen LogP contribution in [0.1, 0.15) is 39.3 Å². The molecule has 0 radical (unpaired) electrons. The highest BCUT2D eigenvalue weighted by atomic mass is 16.7. The number of rotatable bonds is 8. The summed E-state index contributed by atoms with van der Waals surface area (Å²) in [6.45, 7) is 4.47. The molecule has 1 aromatic heterocycles. The number of primary amides is 1. The summed E-state index contributed by atoms with van der Waals surface area (Å²) >= 11 is 0. The van der Waals surface area contributed by atoms with Gasteiger partial charge >= 0.3 is 5.97 Å². The molecule has 178 valence electrons. The molecule has 2 heterocycles. The van der Waals surface area contributed by atoms with Crippen molar-refractivity contribution in [2.24, 2.45) is 5.73 Å². The van der Waals surface area contributed by atoms with Gasteiger partial charge in [0.1, 0.15) is 5.75 Å². The molecule has 1 aliphatic heterocycles. The number of nitrogens with two attached hydrogens (primary N) is 1. The predicted molar refractivity (Wildman–Crippen MR) is 126 cm³/mol. The number of hydrogen-bond acceptors (Lipinski definition) is 6. The van der Waals surface area contributed by atoms with Crippen LogP contribution >= 0.6 is 0 Å². The number of ether oxygens (including phenoxy) is 4. The molecule has 3 aromatic rings. The number of nitrogens with zero attached hydrogens (tertiary/aromatic N) is 1. The van der Waals surface area contributed by atoms with E-state index in [4.69, 9.17) is 24.7 Å². The van der Waals surface area contributed by atoms with Gasteiger partial charge < -0.3 is 29.2 Å². The number of fused-ring (bicyclic) bond motifs is 1. The number of carbonyl (C=O) groups is 2. The number of amides is 1. The van der Waals surface area contributed by atoms with Crippen LogP contribution in [0.15, 0.2) is 36.4 Å². The van der Waals surface area contributed by atoms with Crippen LogP contribution in [0, 0.1) is 13.8 Å². The number of benzene rings is 2. The van der Waals surface area contributed by atoms with E-state index in [1.165, 1.54) is 7.11 Å². The van der Waals surface area contributed by atoms with Crippen LogP contribution in [0.5, 0.6) is 17.2 Å². The molecule has 0 spiro atoms. The second-order valence-corrected chi connectivity index (χ2v) is 8.18. The Bertz CT molecular complexity index is 1260. The summed E-state index contributed by atoms with van der Waals surface area (Å²) < 4.78 is 23.3. The Labute approximate surface area is 198 Å². The Balaban J connectivity index is 1.87. The number of carbonyl (C=O) groups excluding carboxylic acids is 2. The number of esters is 1. The van der Waals surface area contributed by atoms with E-state index in [9.17, 15) is 9.59 Å². The van der Waals surface area contributed by atoms with E-state index in [-0.39, 0.29) is 19.2 Å². The van der Waals surface area contributed by atoms with Gasteiger partial charge in [0.25, 0.3) is 5.91 Å². The van der Waals surface area contributed by atoms with Crippen molar-refractivity contribution in [3.8, 4) is 28.4 Å². The van der Waals surface area contributed by atoms with Gasteiger partial charge in [-0.05, 0) is 61.2 Å². The molecule has 0 fully saturated rings. The fourth-order valence-corrected chi connectivity index (χ4v) is 4.46. The number of methoxy groups -OCH3 is 2. The zero-order chi connectivity index (χ0) is 24.4. The Morgan fingerprint density at radius 1 is 1.06 bits per heavy atom. The average Bonchev–Trinajstić information content (AvgIpc) is 3.39. The topological polar surface area (TPSA) is 102 Å². The first-order valence-corrected chi connectivity index (χ1v) is 11.0. The summed E-state index contributed by atoms with van der Waals surface area (Å²) in [5.74, 6) is 1.28. The minimum Gasteiger partial charge on any atom is -0.496 e. The summed E-state index contributed by atoms with van der Waals surface area (Å²) in [7, 11) is 2.98. The van der Waals surface area contributed by atoms with Gasteiger partial charge in [-0.25, -0.2) is 0 Å². The molecule has 2 aromatic carbocycles. The largest absolute Gasteiger partial charge is 0.496 e. The highest BCUT2D eigenvalue weighted by Gasteiger charge is 2.26. The van der Waals surface area contributed by atoms with Crippen molar-refractivity contribution >= 4 is 11.9 Å². The van der Waals surface area contributed by atoms with Crippen LogP contribution in [-0.4, -0.2) is 37.5 Å². The van der Waals surface area contributed by atoms with Crippen LogP contribution in [-0.2, 0) is 22.5 Å². The lowest BCUT2D eigenvalue weighted by atomic mass is 9.96. The van der Waals surface area contributed by atoms with E-state index < -0.39 is 5.91 Å². The highest BCUT2D eigenvalue weighted by Crippen LogP contribution is 2.37. The lowest BCUT2D eigenvalue weighted by Gasteiger charge is -2.14. The van der Waals surface area contributed by atoms with E-state index in [2.05, 4.69) is 0 Å². The molecule has 8 nitrogen and oxygen atoms in total. The van der Waals surface area contributed by atoms with Crippen molar-refractivity contribution in [2.45, 2.75) is 33.2 Å². The minimum absolute atomic E-state index is 0.168. The zero-order valence-electron chi connectivity index (χ0n) is 19.8. The van der Waals surface area contributed by atoms with Crippen molar-refractivity contribution < 1.29 is 28.5 Å². The third-order valence-electron chi connectivity index (χ3n) is 6.13. The summed E-state index contributed by atoms with van der Waals surface area (Å²) in [5.41, 5.74) is 11.3. The van der Waals surface area contributed by atoms with Crippen molar-refractivity contribution in [3.05, 3.63) is 64.5 Å². The van der Waals surface area contributed by atoms with Crippen LogP contribution in [0.2, 0.25) is 0 Å². The quantitative estimate of drug-likeness (QED) is 0.509. The Morgan fingerprint density at radius 3 is 2.50 bits per heavy atom. The molecule has 8 heteroatoms. The molecule has 0 saturated carbocycles. The molecule has 0 aliphatic carbocycles. The molecule has 0 bridgehead atoms. The van der Waals surface area contributed by atoms with Gasteiger partial charge in [-0.2, -0.15) is 0 Å². The fraction of sp³-hybridized carbons (Fsp3) is 0.308. The van der Waals surface area contributed by atoms with Crippen molar-refractivity contribution in [3.63, 3.8) is 0 Å². The fourth-order valence-electron chi connectivity index (χ4n) is 4.46. The monoisotopic (exact) mass is 464 g/mol. The third kappa shape index (κ3) is 4.31. The Hall–Kier alpha value is -3.94. The summed E-state index contributed by atoms with van der Waals surface area (Å²) in [4.78, 5) is 24.7. The van der Waals surface area contributed by atoms with E-state index in [1.807, 2.05) is 54.8 Å². The molecule has 1 aliphatic rings. The lowest BCUT2D eigenvalue weighted by molar-refractivity contribution is -0.140. The molecule has 1 amide bonds. The smallest absolute Gasteiger partial charge is 0.305 e. The van der Waals surface area contributed by atoms with Gasteiger partial charge in [0.2, 0.25) is 6.79 Å². The van der Waals surface area contributed by atoms with E-state index >= 15 is 0 Å². The average molecular weight is 465 g/mol. The van der Waals surface area contributed by atoms with Gasteiger partial charge in [-0.3, -0.25) is 9.59 Å². The molecular formula is C26H28N2O6. The molecule has 0 atom stereocenters. The first-order chi connectivity index (χ1) is 16.3. The molecule has 2 N–H and O–H groups in total. The second kappa shape index (κ2) is 9.51. The van der Waals surface area contributed by atoms with Gasteiger partial charge in [-0.15, -0.1) is 0 Å². The number of aromatic nitrogens is 1. The first-order valence-electron chi connectivity index (χ1n) is 11.0. The molecular weight excluding hydrogens is 436 g/mol. The lowest BCUT2D eigenvalue weighted by Crippen LogP contribution is -2.13. The van der Waals surface area contributed by atoms with E-state index in [1.54, 1.807) is 7.11 Å². The summed E-state index contributed by atoms with van der Waals surface area (Å²) in [6.07, 6.45) is 0.549. The number of aryl methyl sites for hydroxylation is 1. The highest BCUT2D eigenvalue weighted by molar-refractivity contribution is 6.02. The second-order valence-electron chi connectivity index (χ2n) is 8.18. The van der Waals surface area contributed by atoms with Crippen molar-refractivity contribution in [1.82, 2.24) is 4.57 Å². The Morgan fingerprint density at radius 2 is 1.82 bits per heavy atom. The summed E-state index contributed by atoms with van der Waals surface area (Å²) in [6, 6.07) is 11.5. The Kier molecular flexibility index (Phi) is 6.49. The maximum absolute atomic E-state index is 12.6. The maximum Gasteiger partial charge on any atom is 0.305 e. The van der Waals surface area contributed by atoms with Crippen LogP contribution in [0.4, 0.5) is 0 Å². The van der Waals surface area contributed by atoms with Crippen LogP contribution in [0.25, 0.3) is 11.1 Å². The van der Waals surface area contributed by atoms with Crippen LogP contribution < -0.4 is 19.9 Å². The van der Waals surface area contributed by atoms with Gasteiger partial charge in [0.05, 0.1) is 26.2 Å². The SMILES string of the molecule is COC(=O)CCc1c(-c2ccc(OC)c(C)c2)c(C(N)=O)c(C)n1Cc1ccc2c(c1)OCO2. The molecule has 0 unspecified atom stereocenters. The zero-order valence-corrected chi connectivity index (χ0v) is 19.8. The maximum atomic E-state index is 12.6. The number of hydrogen-bond donors (Lipinski definition) is 1. The van der Waals surface area contributed by atoms with E-state index in [0.717, 1.165) is 39.4 Å². The minimum atomic E-state index is -0.523. The molecule has 4 rings (SSSR count). The molecule has 0 saturated heterocycles. The van der Waals surface area contributed by atoms with Crippen molar-refractivity contribution in [2.75, 3.05) is 21.0 Å². The molecule has 34 heavy (non-hydrogen) atoms. The van der Waals surface area contributed by atoms with Gasteiger partial charge in [0.15, 0.2) is 11.5 Å². The van der Waals surface area contributed by atoms with Crippen molar-refractivity contribution in [1.29, 1.82) is 0 Å². The van der Waals surface area contributed by atoms with Gasteiger partial charge in [-0.1, -0.05) is 12.1 Å². The first kappa shape index (κ1) is 23.2. The van der Waals surface area contributed by atoms with E-state index in [0.29, 0.717) is 30.0 Å². The van der Waals surface area contributed by atoms with Crippen LogP contribution in [0.3, 0.4) is 0 Å². The standard InChI is InChI=1S/C26H28N2O6/c1-15-11-18(6-9-20(15)31-3)25-19(7-10-23(29)32-4)28(16(2)24(25)26(27)30)13-17-5-8-21-22(12-17)34-14-33-21/h5-6,8-9,11-12H,7,10,13-14H2,1-4H3,(H2,27,30). The summed E-state index contributed by atoms with van der Waals surface area (Å²) in [5, 5.41) is 0.